The molecule has 124 valence electrons. The Hall–Kier alpha value is -2.27. The van der Waals surface area contributed by atoms with Crippen molar-refractivity contribution in [3.05, 3.63) is 59.8 Å². The largest absolute Gasteiger partial charge is 0.322 e. The number of nitrogens with zero attached hydrogens (tertiary/aromatic N) is 3. The molecular formula is C19H21FN4. The van der Waals surface area contributed by atoms with E-state index in [1.165, 1.54) is 25.0 Å². The molecule has 0 amide bonds. The lowest BCUT2D eigenvalue weighted by Crippen LogP contribution is -2.29. The lowest BCUT2D eigenvalue weighted by atomic mass is 9.94. The maximum atomic E-state index is 13.2. The van der Waals surface area contributed by atoms with E-state index in [0.717, 1.165) is 42.1 Å². The zero-order valence-electron chi connectivity index (χ0n) is 13.6. The number of aromatic nitrogens is 3. The number of fused-ring (bicyclic) bond motifs is 1. The van der Waals surface area contributed by atoms with Crippen LogP contribution in [0.5, 0.6) is 0 Å². The molecule has 1 aromatic carbocycles. The molecule has 1 aliphatic heterocycles. The third kappa shape index (κ3) is 3.17. The lowest BCUT2D eigenvalue weighted by Gasteiger charge is -2.22. The molecular weight excluding hydrogens is 303 g/mol. The Balaban J connectivity index is 1.68. The molecule has 0 radical (unpaired) electrons. The number of piperidine rings is 1. The standard InChI is InChI=1S/C19H21FN4/c20-16-5-3-15(4-6-16)13-24-17-2-1-9-22-19(17)23-18(24)12-14-7-10-21-11-8-14/h1-6,9,14,21H,7-8,10-13H2. The first-order valence-electron chi connectivity index (χ1n) is 8.55. The summed E-state index contributed by atoms with van der Waals surface area (Å²) in [4.78, 5) is 9.18. The highest BCUT2D eigenvalue weighted by molar-refractivity contribution is 5.71. The zero-order valence-corrected chi connectivity index (χ0v) is 13.6. The molecule has 3 heterocycles. The third-order valence-corrected chi connectivity index (χ3v) is 4.79. The van der Waals surface area contributed by atoms with Crippen LogP contribution in [0.25, 0.3) is 11.2 Å². The number of halogens is 1. The summed E-state index contributed by atoms with van der Waals surface area (Å²) in [7, 11) is 0. The van der Waals surface area contributed by atoms with Crippen molar-refractivity contribution in [3.8, 4) is 0 Å². The Kier molecular flexibility index (Phi) is 4.26. The van der Waals surface area contributed by atoms with Gasteiger partial charge in [-0.2, -0.15) is 0 Å². The summed E-state index contributed by atoms with van der Waals surface area (Å²) in [5.41, 5.74) is 2.92. The third-order valence-electron chi connectivity index (χ3n) is 4.79. The minimum absolute atomic E-state index is 0.203. The van der Waals surface area contributed by atoms with Gasteiger partial charge in [-0.15, -0.1) is 0 Å². The Morgan fingerprint density at radius 2 is 1.92 bits per heavy atom. The molecule has 0 unspecified atom stereocenters. The average molecular weight is 324 g/mol. The van der Waals surface area contributed by atoms with E-state index < -0.39 is 0 Å². The first kappa shape index (κ1) is 15.3. The molecule has 1 saturated heterocycles. The van der Waals surface area contributed by atoms with Crippen LogP contribution in [0.15, 0.2) is 42.6 Å². The molecule has 5 heteroatoms. The van der Waals surface area contributed by atoms with Gasteiger partial charge in [0, 0.05) is 19.2 Å². The summed E-state index contributed by atoms with van der Waals surface area (Å²) in [6.07, 6.45) is 5.13. The van der Waals surface area contributed by atoms with Gasteiger partial charge in [0.15, 0.2) is 5.65 Å². The molecule has 2 aromatic heterocycles. The molecule has 4 rings (SSSR count). The van der Waals surface area contributed by atoms with E-state index in [-0.39, 0.29) is 5.82 Å². The number of rotatable bonds is 4. The summed E-state index contributed by atoms with van der Waals surface area (Å²) in [6, 6.07) is 10.7. The maximum absolute atomic E-state index is 13.2. The van der Waals surface area contributed by atoms with Crippen molar-refractivity contribution in [2.45, 2.75) is 25.8 Å². The van der Waals surface area contributed by atoms with Gasteiger partial charge < -0.3 is 9.88 Å². The SMILES string of the molecule is Fc1ccc(Cn2c(CC3CCNCC3)nc3ncccc32)cc1. The Bertz CT molecular complexity index is 819. The van der Waals surface area contributed by atoms with Crippen molar-refractivity contribution in [1.29, 1.82) is 0 Å². The van der Waals surface area contributed by atoms with Crippen molar-refractivity contribution in [2.24, 2.45) is 5.92 Å². The summed E-state index contributed by atoms with van der Waals surface area (Å²) in [5, 5.41) is 3.41. The van der Waals surface area contributed by atoms with Crippen molar-refractivity contribution < 1.29 is 4.39 Å². The molecule has 0 saturated carbocycles. The molecule has 0 bridgehead atoms. The van der Waals surface area contributed by atoms with Crippen LogP contribution in [0.4, 0.5) is 4.39 Å². The van der Waals surface area contributed by atoms with Gasteiger partial charge in [0.25, 0.3) is 0 Å². The van der Waals surface area contributed by atoms with Gasteiger partial charge >= 0.3 is 0 Å². The fourth-order valence-corrected chi connectivity index (χ4v) is 3.46. The van der Waals surface area contributed by atoms with Gasteiger partial charge in [-0.05, 0) is 61.7 Å². The summed E-state index contributed by atoms with van der Waals surface area (Å²) < 4.78 is 15.4. The van der Waals surface area contributed by atoms with E-state index in [2.05, 4.69) is 20.9 Å². The minimum Gasteiger partial charge on any atom is -0.322 e. The van der Waals surface area contributed by atoms with E-state index in [9.17, 15) is 4.39 Å². The van der Waals surface area contributed by atoms with E-state index >= 15 is 0 Å². The predicted octanol–water partition coefficient (Wildman–Crippen LogP) is 3.16. The number of nitrogens with one attached hydrogen (secondary N) is 1. The molecule has 4 nitrogen and oxygen atoms in total. The maximum Gasteiger partial charge on any atom is 0.177 e. The lowest BCUT2D eigenvalue weighted by molar-refractivity contribution is 0.364. The quantitative estimate of drug-likeness (QED) is 0.801. The average Bonchev–Trinajstić information content (AvgIpc) is 2.95. The van der Waals surface area contributed by atoms with Crippen LogP contribution in [-0.2, 0) is 13.0 Å². The Labute approximate surface area is 140 Å². The van der Waals surface area contributed by atoms with Crippen molar-refractivity contribution >= 4 is 11.2 Å². The number of hydrogen-bond donors (Lipinski definition) is 1. The number of pyridine rings is 1. The normalized spacial score (nSPS) is 15.9. The number of benzene rings is 1. The van der Waals surface area contributed by atoms with E-state index in [0.29, 0.717) is 12.5 Å². The van der Waals surface area contributed by atoms with Gasteiger partial charge in [0.2, 0.25) is 0 Å². The van der Waals surface area contributed by atoms with Crippen LogP contribution in [-0.4, -0.2) is 27.6 Å². The Morgan fingerprint density at radius 1 is 1.12 bits per heavy atom. The van der Waals surface area contributed by atoms with E-state index in [1.807, 2.05) is 18.2 Å². The first-order valence-corrected chi connectivity index (χ1v) is 8.55. The van der Waals surface area contributed by atoms with Crippen LogP contribution in [0.2, 0.25) is 0 Å². The number of imidazole rings is 1. The topological polar surface area (TPSA) is 42.7 Å². The van der Waals surface area contributed by atoms with Crippen LogP contribution in [0.1, 0.15) is 24.2 Å². The molecule has 0 atom stereocenters. The monoisotopic (exact) mass is 324 g/mol. The summed E-state index contributed by atoms with van der Waals surface area (Å²) in [5.74, 6) is 1.54. The molecule has 24 heavy (non-hydrogen) atoms. The van der Waals surface area contributed by atoms with E-state index in [1.54, 1.807) is 6.20 Å². The van der Waals surface area contributed by atoms with Gasteiger partial charge in [0.05, 0.1) is 5.52 Å². The second kappa shape index (κ2) is 6.69. The Morgan fingerprint density at radius 3 is 2.71 bits per heavy atom. The van der Waals surface area contributed by atoms with Crippen molar-refractivity contribution in [1.82, 2.24) is 19.9 Å². The highest BCUT2D eigenvalue weighted by Crippen LogP contribution is 2.22. The second-order valence-electron chi connectivity index (χ2n) is 6.48. The molecule has 3 aromatic rings. The van der Waals surface area contributed by atoms with Gasteiger partial charge in [0.1, 0.15) is 11.6 Å². The predicted molar refractivity (Wildman–Crippen MR) is 92.3 cm³/mol. The zero-order chi connectivity index (χ0) is 16.4. The molecule has 1 aliphatic rings. The molecule has 1 fully saturated rings. The van der Waals surface area contributed by atoms with Crippen LogP contribution < -0.4 is 5.32 Å². The molecule has 0 spiro atoms. The first-order chi connectivity index (χ1) is 11.8. The smallest absolute Gasteiger partial charge is 0.177 e. The molecule has 0 aliphatic carbocycles. The number of hydrogen-bond acceptors (Lipinski definition) is 3. The van der Waals surface area contributed by atoms with E-state index in [4.69, 9.17) is 4.98 Å². The van der Waals surface area contributed by atoms with Crippen LogP contribution in [0.3, 0.4) is 0 Å². The highest BCUT2D eigenvalue weighted by atomic mass is 19.1. The highest BCUT2D eigenvalue weighted by Gasteiger charge is 2.19. The minimum atomic E-state index is -0.203. The van der Waals surface area contributed by atoms with Gasteiger partial charge in [-0.1, -0.05) is 12.1 Å². The van der Waals surface area contributed by atoms with Crippen LogP contribution in [0, 0.1) is 11.7 Å². The van der Waals surface area contributed by atoms with Crippen molar-refractivity contribution in [2.75, 3.05) is 13.1 Å². The fraction of sp³-hybridized carbons (Fsp3) is 0.368. The van der Waals surface area contributed by atoms with Crippen LogP contribution >= 0.6 is 0 Å². The summed E-state index contributed by atoms with van der Waals surface area (Å²) in [6.45, 7) is 2.87. The molecule has 1 N–H and O–H groups in total. The van der Waals surface area contributed by atoms with Crippen molar-refractivity contribution in [3.63, 3.8) is 0 Å². The van der Waals surface area contributed by atoms with Gasteiger partial charge in [-0.25, -0.2) is 14.4 Å². The fourth-order valence-electron chi connectivity index (χ4n) is 3.46. The second-order valence-corrected chi connectivity index (χ2v) is 6.48. The summed E-state index contributed by atoms with van der Waals surface area (Å²) >= 11 is 0. The van der Waals surface area contributed by atoms with Gasteiger partial charge in [-0.3, -0.25) is 0 Å².